The van der Waals surface area contributed by atoms with Crippen LogP contribution in [0.25, 0.3) is 0 Å². The number of ether oxygens (including phenoxy) is 3. The number of carbonyl (C=O) groups is 2. The summed E-state index contributed by atoms with van der Waals surface area (Å²) in [5, 5.41) is 0. The molecule has 156 valence electrons. The van der Waals surface area contributed by atoms with E-state index in [1.807, 2.05) is 12.1 Å². The molecule has 0 heterocycles. The van der Waals surface area contributed by atoms with E-state index in [2.05, 4.69) is 30.6 Å². The molecule has 0 aliphatic rings. The molecule has 1 aromatic rings. The molecule has 1 aromatic carbocycles. The molecule has 0 N–H and O–H groups in total. The van der Waals surface area contributed by atoms with Gasteiger partial charge in [0.25, 0.3) is 0 Å². The highest BCUT2D eigenvalue weighted by molar-refractivity contribution is 6.00. The monoisotopic (exact) mass is 398 g/mol. The van der Waals surface area contributed by atoms with E-state index in [4.69, 9.17) is 14.2 Å². The zero-order chi connectivity index (χ0) is 21.5. The molecule has 29 heavy (non-hydrogen) atoms. The van der Waals surface area contributed by atoms with Crippen LogP contribution >= 0.6 is 0 Å². The van der Waals surface area contributed by atoms with Crippen molar-refractivity contribution in [2.45, 2.75) is 52.9 Å². The maximum Gasteiger partial charge on any atom is 0.325 e. The Morgan fingerprint density at radius 1 is 0.897 bits per heavy atom. The van der Waals surface area contributed by atoms with E-state index in [9.17, 15) is 9.59 Å². The summed E-state index contributed by atoms with van der Waals surface area (Å²) < 4.78 is 15.5. The molecule has 0 amide bonds. The van der Waals surface area contributed by atoms with Gasteiger partial charge in [0.05, 0.1) is 20.3 Å². The van der Waals surface area contributed by atoms with Crippen molar-refractivity contribution >= 4 is 11.9 Å². The summed E-state index contributed by atoms with van der Waals surface area (Å²) >= 11 is 0. The Morgan fingerprint density at radius 2 is 1.48 bits per heavy atom. The zero-order valence-electron chi connectivity index (χ0n) is 17.8. The fourth-order valence-electron chi connectivity index (χ4n) is 2.51. The molecule has 5 heteroatoms. The molecule has 0 unspecified atom stereocenters. The van der Waals surface area contributed by atoms with Crippen molar-refractivity contribution < 1.29 is 23.8 Å². The Balaban J connectivity index is 3.16. The quantitative estimate of drug-likeness (QED) is 0.271. The van der Waals surface area contributed by atoms with Crippen molar-refractivity contribution in [1.82, 2.24) is 0 Å². The molecular weight excluding hydrogens is 368 g/mol. The molecule has 0 aliphatic heterocycles. The lowest BCUT2D eigenvalue weighted by atomic mass is 9.81. The number of benzene rings is 1. The second-order valence-corrected chi connectivity index (χ2v) is 6.36. The zero-order valence-corrected chi connectivity index (χ0v) is 17.8. The minimum Gasteiger partial charge on any atom is -0.497 e. The number of hydrogen-bond acceptors (Lipinski definition) is 5. The van der Waals surface area contributed by atoms with Crippen molar-refractivity contribution in [2.75, 3.05) is 20.3 Å². The molecule has 0 bridgehead atoms. The van der Waals surface area contributed by atoms with Gasteiger partial charge in [0.2, 0.25) is 0 Å². The molecule has 0 spiro atoms. The van der Waals surface area contributed by atoms with E-state index >= 15 is 0 Å². The van der Waals surface area contributed by atoms with Gasteiger partial charge in [-0.2, -0.15) is 0 Å². The Kier molecular flexibility index (Phi) is 11.1. The number of esters is 2. The van der Waals surface area contributed by atoms with Gasteiger partial charge in [-0.05, 0) is 44.5 Å². The number of rotatable bonds is 9. The molecule has 0 radical (unpaired) electrons. The van der Waals surface area contributed by atoms with Crippen LogP contribution in [0.1, 0.15) is 58.4 Å². The largest absolute Gasteiger partial charge is 0.497 e. The third kappa shape index (κ3) is 7.54. The van der Waals surface area contributed by atoms with Gasteiger partial charge in [0.15, 0.2) is 5.41 Å². The standard InChI is InChI=1S/C24H30O5/c1-5-8-9-10-11-18-24(22(25)28-6-2,23(26)29-7-3)19-12-13-20-14-16-21(27-4)17-15-20/h14-17H,5-9,18-19H2,1-4H3. The first-order valence-corrected chi connectivity index (χ1v) is 9.97. The van der Waals surface area contributed by atoms with Gasteiger partial charge in [-0.1, -0.05) is 25.2 Å². The number of unbranched alkanes of at least 4 members (excludes halogenated alkanes) is 2. The summed E-state index contributed by atoms with van der Waals surface area (Å²) in [6.45, 7) is 5.80. The van der Waals surface area contributed by atoms with Crippen molar-refractivity contribution in [3.8, 4) is 29.4 Å². The lowest BCUT2D eigenvalue weighted by Gasteiger charge is -2.25. The molecule has 0 saturated heterocycles. The Labute approximate surface area is 174 Å². The average Bonchev–Trinajstić information content (AvgIpc) is 2.73. The first-order chi connectivity index (χ1) is 14.0. The summed E-state index contributed by atoms with van der Waals surface area (Å²) in [4.78, 5) is 25.5. The predicted octanol–water partition coefficient (Wildman–Crippen LogP) is 4.13. The molecular formula is C24H30O5. The number of hydrogen-bond donors (Lipinski definition) is 0. The van der Waals surface area contributed by atoms with E-state index in [1.54, 1.807) is 33.1 Å². The van der Waals surface area contributed by atoms with Crippen LogP contribution in [0.15, 0.2) is 24.3 Å². The van der Waals surface area contributed by atoms with Gasteiger partial charge >= 0.3 is 11.9 Å². The third-order valence-electron chi connectivity index (χ3n) is 4.22. The van der Waals surface area contributed by atoms with E-state index in [1.165, 1.54) is 0 Å². The van der Waals surface area contributed by atoms with Crippen LogP contribution in [-0.2, 0) is 19.1 Å². The Morgan fingerprint density at radius 3 is 2.00 bits per heavy atom. The van der Waals surface area contributed by atoms with Crippen LogP contribution in [-0.4, -0.2) is 32.3 Å². The summed E-state index contributed by atoms with van der Waals surface area (Å²) in [5.41, 5.74) is -0.800. The van der Waals surface area contributed by atoms with Crippen LogP contribution in [0, 0.1) is 29.1 Å². The number of methoxy groups -OCH3 is 1. The van der Waals surface area contributed by atoms with Crippen LogP contribution in [0.5, 0.6) is 5.75 Å². The highest BCUT2D eigenvalue weighted by atomic mass is 16.6. The van der Waals surface area contributed by atoms with E-state index < -0.39 is 17.4 Å². The highest BCUT2D eigenvalue weighted by Gasteiger charge is 2.48. The lowest BCUT2D eigenvalue weighted by molar-refractivity contribution is -0.171. The Bertz CT molecular complexity index is 753. The van der Waals surface area contributed by atoms with E-state index in [-0.39, 0.29) is 26.1 Å². The van der Waals surface area contributed by atoms with Gasteiger partial charge < -0.3 is 14.2 Å². The molecule has 0 fully saturated rings. The van der Waals surface area contributed by atoms with Crippen molar-refractivity contribution in [2.24, 2.45) is 5.41 Å². The second-order valence-electron chi connectivity index (χ2n) is 6.36. The first kappa shape index (κ1) is 24.1. The summed E-state index contributed by atoms with van der Waals surface area (Å²) in [5.74, 6) is 11.4. The fraction of sp³-hybridized carbons (Fsp3) is 0.500. The van der Waals surface area contributed by atoms with Crippen molar-refractivity contribution in [3.63, 3.8) is 0 Å². The minimum atomic E-state index is -1.55. The van der Waals surface area contributed by atoms with Crippen molar-refractivity contribution in [1.29, 1.82) is 0 Å². The van der Waals surface area contributed by atoms with Crippen LogP contribution in [0.4, 0.5) is 0 Å². The molecule has 0 atom stereocenters. The first-order valence-electron chi connectivity index (χ1n) is 9.97. The second kappa shape index (κ2) is 13.3. The van der Waals surface area contributed by atoms with Crippen LogP contribution in [0.3, 0.4) is 0 Å². The maximum atomic E-state index is 12.8. The highest BCUT2D eigenvalue weighted by Crippen LogP contribution is 2.30. The van der Waals surface area contributed by atoms with E-state index in [0.717, 1.165) is 30.6 Å². The molecule has 5 nitrogen and oxygen atoms in total. The molecule has 1 rings (SSSR count). The van der Waals surface area contributed by atoms with Crippen LogP contribution < -0.4 is 4.74 Å². The average molecular weight is 398 g/mol. The van der Waals surface area contributed by atoms with Gasteiger partial charge in [0, 0.05) is 24.8 Å². The smallest absolute Gasteiger partial charge is 0.325 e. The summed E-state index contributed by atoms with van der Waals surface area (Å²) in [7, 11) is 1.59. The minimum absolute atomic E-state index is 0.0195. The van der Waals surface area contributed by atoms with Crippen molar-refractivity contribution in [3.05, 3.63) is 29.8 Å². The normalized spacial score (nSPS) is 10.1. The number of carbonyl (C=O) groups excluding carboxylic acids is 2. The summed E-state index contributed by atoms with van der Waals surface area (Å²) in [6, 6.07) is 7.22. The van der Waals surface area contributed by atoms with E-state index in [0.29, 0.717) is 0 Å². The van der Waals surface area contributed by atoms with Gasteiger partial charge in [-0.3, -0.25) is 9.59 Å². The third-order valence-corrected chi connectivity index (χ3v) is 4.22. The van der Waals surface area contributed by atoms with Gasteiger partial charge in [0.1, 0.15) is 5.75 Å². The molecule has 0 saturated carbocycles. The maximum absolute atomic E-state index is 12.8. The summed E-state index contributed by atoms with van der Waals surface area (Å²) in [6.07, 6.45) is 2.71. The van der Waals surface area contributed by atoms with Crippen LogP contribution in [0.2, 0.25) is 0 Å². The fourth-order valence-corrected chi connectivity index (χ4v) is 2.51. The lowest BCUT2D eigenvalue weighted by Crippen LogP contribution is -2.41. The molecule has 0 aromatic heterocycles. The SMILES string of the molecule is CCCCC#CCC(CC#Cc1ccc(OC)cc1)(C(=O)OCC)C(=O)OCC. The Hall–Kier alpha value is -2.92. The van der Waals surface area contributed by atoms with Gasteiger partial charge in [-0.15, -0.1) is 11.8 Å². The van der Waals surface area contributed by atoms with Gasteiger partial charge in [-0.25, -0.2) is 0 Å². The predicted molar refractivity (Wildman–Crippen MR) is 112 cm³/mol. The molecule has 0 aliphatic carbocycles. The topological polar surface area (TPSA) is 61.8 Å².